The number of carbonyl (C=O) groups excluding carboxylic acids is 1. The van der Waals surface area contributed by atoms with E-state index in [1.165, 1.54) is 0 Å². The Hall–Kier alpha value is -3.08. The quantitative estimate of drug-likeness (QED) is 0.693. The molecule has 1 unspecified atom stereocenters. The molecular formula is C22H21NO4. The summed E-state index contributed by atoms with van der Waals surface area (Å²) in [5.74, 6) is 0.454. The molecule has 1 atom stereocenters. The number of amides is 1. The number of benzene rings is 2. The third-order valence-corrected chi connectivity index (χ3v) is 4.81. The van der Waals surface area contributed by atoms with Crippen molar-refractivity contribution in [3.8, 4) is 5.75 Å². The molecular weight excluding hydrogens is 342 g/mol. The first-order valence-corrected chi connectivity index (χ1v) is 9.19. The summed E-state index contributed by atoms with van der Waals surface area (Å²) >= 11 is 0. The molecule has 0 spiro atoms. The van der Waals surface area contributed by atoms with E-state index < -0.39 is 6.04 Å². The van der Waals surface area contributed by atoms with E-state index in [1.54, 1.807) is 12.1 Å². The number of ether oxygens (including phenoxy) is 1. The Balaban J connectivity index is 1.79. The summed E-state index contributed by atoms with van der Waals surface area (Å²) in [6.45, 7) is 4.67. The van der Waals surface area contributed by atoms with Gasteiger partial charge in [0.1, 0.15) is 11.3 Å². The monoisotopic (exact) mass is 363 g/mol. The maximum absolute atomic E-state index is 13.1. The Kier molecular flexibility index (Phi) is 4.44. The van der Waals surface area contributed by atoms with Crippen molar-refractivity contribution in [1.82, 2.24) is 5.32 Å². The van der Waals surface area contributed by atoms with Crippen molar-refractivity contribution in [2.45, 2.75) is 32.7 Å². The van der Waals surface area contributed by atoms with E-state index in [4.69, 9.17) is 9.15 Å². The molecule has 4 rings (SSSR count). The summed E-state index contributed by atoms with van der Waals surface area (Å²) < 4.78 is 11.5. The minimum absolute atomic E-state index is 0.0960. The predicted octanol–water partition coefficient (Wildman–Crippen LogP) is 4.11. The van der Waals surface area contributed by atoms with Gasteiger partial charge in [0.15, 0.2) is 5.43 Å². The lowest BCUT2D eigenvalue weighted by atomic mass is 9.99. The van der Waals surface area contributed by atoms with Gasteiger partial charge in [-0.05, 0) is 43.2 Å². The molecule has 5 nitrogen and oxygen atoms in total. The number of rotatable bonds is 5. The lowest BCUT2D eigenvalue weighted by Crippen LogP contribution is -2.22. The average molecular weight is 363 g/mol. The van der Waals surface area contributed by atoms with Crippen LogP contribution in [0.2, 0.25) is 0 Å². The standard InChI is InChI=1S/C22H21NO4/c1-3-4-10-26-15-7-5-6-14(12-15)19-18-20(24)16-11-13(2)8-9-17(16)27-21(18)22(25)23-19/h5-9,11-12,19H,3-4,10H2,1-2H3,(H,23,25). The van der Waals surface area contributed by atoms with Gasteiger partial charge in [-0.3, -0.25) is 9.59 Å². The number of nitrogens with one attached hydrogen (secondary N) is 1. The zero-order valence-electron chi connectivity index (χ0n) is 15.4. The van der Waals surface area contributed by atoms with Crippen LogP contribution in [0.15, 0.2) is 51.7 Å². The third-order valence-electron chi connectivity index (χ3n) is 4.81. The topological polar surface area (TPSA) is 68.5 Å². The molecule has 0 saturated carbocycles. The maximum Gasteiger partial charge on any atom is 0.288 e. The van der Waals surface area contributed by atoms with Crippen molar-refractivity contribution in [3.63, 3.8) is 0 Å². The molecule has 138 valence electrons. The first-order valence-electron chi connectivity index (χ1n) is 9.19. The van der Waals surface area contributed by atoms with Crippen LogP contribution in [0.1, 0.15) is 53.1 Å². The Morgan fingerprint density at radius 1 is 1.15 bits per heavy atom. The van der Waals surface area contributed by atoms with Gasteiger partial charge in [0.05, 0.1) is 23.6 Å². The van der Waals surface area contributed by atoms with Gasteiger partial charge in [-0.1, -0.05) is 37.1 Å². The Morgan fingerprint density at radius 3 is 2.81 bits per heavy atom. The van der Waals surface area contributed by atoms with Crippen molar-refractivity contribution in [2.24, 2.45) is 0 Å². The summed E-state index contributed by atoms with van der Waals surface area (Å²) in [5, 5.41) is 3.36. The normalized spacial score (nSPS) is 15.6. The van der Waals surface area contributed by atoms with Gasteiger partial charge in [0.2, 0.25) is 5.76 Å². The molecule has 0 bridgehead atoms. The van der Waals surface area contributed by atoms with E-state index >= 15 is 0 Å². The zero-order chi connectivity index (χ0) is 19.0. The molecule has 0 aliphatic carbocycles. The highest BCUT2D eigenvalue weighted by atomic mass is 16.5. The van der Waals surface area contributed by atoms with Crippen molar-refractivity contribution in [1.29, 1.82) is 0 Å². The lowest BCUT2D eigenvalue weighted by molar-refractivity contribution is 0.0938. The summed E-state index contributed by atoms with van der Waals surface area (Å²) in [4.78, 5) is 25.5. The lowest BCUT2D eigenvalue weighted by Gasteiger charge is -2.13. The van der Waals surface area contributed by atoms with Crippen molar-refractivity contribution in [3.05, 3.63) is 75.1 Å². The van der Waals surface area contributed by atoms with Gasteiger partial charge in [-0.25, -0.2) is 0 Å². The highest BCUT2D eigenvalue weighted by Gasteiger charge is 2.36. The Morgan fingerprint density at radius 2 is 2.00 bits per heavy atom. The minimum atomic E-state index is -0.539. The van der Waals surface area contributed by atoms with Gasteiger partial charge < -0.3 is 14.5 Å². The van der Waals surface area contributed by atoms with Gasteiger partial charge in [-0.2, -0.15) is 0 Å². The second kappa shape index (κ2) is 6.91. The van der Waals surface area contributed by atoms with E-state index in [-0.39, 0.29) is 17.1 Å². The van der Waals surface area contributed by atoms with Crippen molar-refractivity contribution in [2.75, 3.05) is 6.61 Å². The van der Waals surface area contributed by atoms with Crippen LogP contribution >= 0.6 is 0 Å². The van der Waals surface area contributed by atoms with E-state index in [0.29, 0.717) is 23.1 Å². The largest absolute Gasteiger partial charge is 0.494 e. The molecule has 1 aliphatic heterocycles. The van der Waals surface area contributed by atoms with Crippen LogP contribution in [0.25, 0.3) is 11.0 Å². The minimum Gasteiger partial charge on any atom is -0.494 e. The molecule has 0 fully saturated rings. The van der Waals surface area contributed by atoms with Crippen LogP contribution in [-0.2, 0) is 0 Å². The number of hydrogen-bond donors (Lipinski definition) is 1. The molecule has 0 saturated heterocycles. The van der Waals surface area contributed by atoms with Crippen LogP contribution < -0.4 is 15.5 Å². The summed E-state index contributed by atoms with van der Waals surface area (Å²) in [5.41, 5.74) is 2.39. The molecule has 0 radical (unpaired) electrons. The Labute approximate surface area is 157 Å². The third kappa shape index (κ3) is 3.10. The summed E-state index contributed by atoms with van der Waals surface area (Å²) in [7, 11) is 0. The van der Waals surface area contributed by atoms with Gasteiger partial charge in [0, 0.05) is 0 Å². The van der Waals surface area contributed by atoms with Crippen molar-refractivity contribution < 1.29 is 13.9 Å². The van der Waals surface area contributed by atoms with Crippen LogP contribution in [0.3, 0.4) is 0 Å². The summed E-state index contributed by atoms with van der Waals surface area (Å²) in [6.07, 6.45) is 2.03. The molecule has 2 aromatic carbocycles. The second-order valence-corrected chi connectivity index (χ2v) is 6.85. The number of fused-ring (bicyclic) bond motifs is 2. The number of aryl methyl sites for hydroxylation is 1. The molecule has 1 N–H and O–H groups in total. The Bertz CT molecular complexity index is 1080. The first kappa shape index (κ1) is 17.3. The van der Waals surface area contributed by atoms with E-state index in [0.717, 1.165) is 29.7 Å². The number of unbranched alkanes of at least 4 members (excludes halogenated alkanes) is 1. The first-order chi connectivity index (χ1) is 13.1. The highest BCUT2D eigenvalue weighted by Crippen LogP contribution is 2.32. The van der Waals surface area contributed by atoms with Crippen LogP contribution in [0.4, 0.5) is 0 Å². The fourth-order valence-electron chi connectivity index (χ4n) is 3.39. The van der Waals surface area contributed by atoms with E-state index in [1.807, 2.05) is 37.3 Å². The molecule has 5 heteroatoms. The van der Waals surface area contributed by atoms with Gasteiger partial charge in [0.25, 0.3) is 5.91 Å². The fraction of sp³-hybridized carbons (Fsp3) is 0.273. The van der Waals surface area contributed by atoms with E-state index in [9.17, 15) is 9.59 Å². The fourth-order valence-corrected chi connectivity index (χ4v) is 3.39. The number of hydrogen-bond acceptors (Lipinski definition) is 4. The predicted molar refractivity (Wildman–Crippen MR) is 103 cm³/mol. The SMILES string of the molecule is CCCCOc1cccc(C2NC(=O)c3oc4ccc(C)cc4c(=O)c32)c1. The zero-order valence-corrected chi connectivity index (χ0v) is 15.4. The smallest absolute Gasteiger partial charge is 0.288 e. The number of carbonyl (C=O) groups is 1. The van der Waals surface area contributed by atoms with Crippen LogP contribution in [0.5, 0.6) is 5.75 Å². The maximum atomic E-state index is 13.1. The second-order valence-electron chi connectivity index (χ2n) is 6.85. The summed E-state index contributed by atoms with van der Waals surface area (Å²) in [6, 6.07) is 12.3. The molecule has 27 heavy (non-hydrogen) atoms. The van der Waals surface area contributed by atoms with Gasteiger partial charge in [-0.15, -0.1) is 0 Å². The molecule has 2 heterocycles. The molecule has 1 amide bonds. The van der Waals surface area contributed by atoms with Gasteiger partial charge >= 0.3 is 0 Å². The molecule has 1 aromatic heterocycles. The van der Waals surface area contributed by atoms with Crippen molar-refractivity contribution >= 4 is 16.9 Å². The van der Waals surface area contributed by atoms with E-state index in [2.05, 4.69) is 12.2 Å². The molecule has 1 aliphatic rings. The highest BCUT2D eigenvalue weighted by molar-refractivity contribution is 5.99. The average Bonchev–Trinajstić information content (AvgIpc) is 3.00. The van der Waals surface area contributed by atoms with Crippen LogP contribution in [0, 0.1) is 6.92 Å². The van der Waals surface area contributed by atoms with Crippen LogP contribution in [-0.4, -0.2) is 12.5 Å². The molecule has 3 aromatic rings.